The van der Waals surface area contributed by atoms with Gasteiger partial charge in [-0.1, -0.05) is 6.92 Å². The molecule has 0 atom stereocenters. The number of hydrogen-bond acceptors (Lipinski definition) is 8. The lowest BCUT2D eigenvalue weighted by Crippen LogP contribution is -2.40. The molecule has 2 N–H and O–H groups in total. The van der Waals surface area contributed by atoms with Gasteiger partial charge in [-0.2, -0.15) is 0 Å². The predicted molar refractivity (Wildman–Crippen MR) is 126 cm³/mol. The molecular formula is C24H31N3O7. The van der Waals surface area contributed by atoms with Gasteiger partial charge in [-0.25, -0.2) is 0 Å². The third-order valence-electron chi connectivity index (χ3n) is 5.27. The molecule has 2 aromatic carbocycles. The standard InChI is InChI=1S/C24H31N3O7/c1-5-27(15-24(29)26-17-6-7-18-22(11-17)34-9-8-33-18)14-23(28)25-13-16-10-20(31-3)21(32-4)12-19(16)30-2/h6-7,10-12H,5,8-9,13-15H2,1-4H3,(H,25,28)(H,26,29). The molecule has 0 unspecified atom stereocenters. The molecule has 10 nitrogen and oxygen atoms in total. The first-order valence-electron chi connectivity index (χ1n) is 10.9. The Morgan fingerprint density at radius 3 is 2.21 bits per heavy atom. The van der Waals surface area contributed by atoms with Crippen molar-refractivity contribution in [3.05, 3.63) is 35.9 Å². The number of methoxy groups -OCH3 is 3. The Morgan fingerprint density at radius 1 is 0.882 bits per heavy atom. The van der Waals surface area contributed by atoms with Crippen molar-refractivity contribution < 1.29 is 33.3 Å². The third-order valence-corrected chi connectivity index (χ3v) is 5.27. The summed E-state index contributed by atoms with van der Waals surface area (Å²) in [5.41, 5.74) is 1.35. The van der Waals surface area contributed by atoms with Crippen LogP contribution in [0.3, 0.4) is 0 Å². The number of likely N-dealkylation sites (N-methyl/N-ethyl adjacent to an activating group) is 1. The van der Waals surface area contributed by atoms with Gasteiger partial charge in [0.05, 0.1) is 34.4 Å². The fourth-order valence-electron chi connectivity index (χ4n) is 3.49. The molecule has 2 amide bonds. The maximum absolute atomic E-state index is 12.6. The number of carbonyl (C=O) groups excluding carboxylic acids is 2. The van der Waals surface area contributed by atoms with Crippen LogP contribution in [-0.2, 0) is 16.1 Å². The first-order valence-corrected chi connectivity index (χ1v) is 10.9. The van der Waals surface area contributed by atoms with Gasteiger partial charge in [0.15, 0.2) is 23.0 Å². The molecule has 0 spiro atoms. The zero-order valence-electron chi connectivity index (χ0n) is 19.9. The molecule has 1 aliphatic rings. The van der Waals surface area contributed by atoms with Crippen LogP contribution in [0.5, 0.6) is 28.7 Å². The molecule has 1 aliphatic heterocycles. The Labute approximate surface area is 199 Å². The van der Waals surface area contributed by atoms with Crippen molar-refractivity contribution in [3.63, 3.8) is 0 Å². The minimum atomic E-state index is -0.229. The van der Waals surface area contributed by atoms with E-state index in [-0.39, 0.29) is 31.4 Å². The normalized spacial score (nSPS) is 12.1. The highest BCUT2D eigenvalue weighted by Gasteiger charge is 2.17. The highest BCUT2D eigenvalue weighted by Crippen LogP contribution is 2.34. The van der Waals surface area contributed by atoms with E-state index in [1.807, 2.05) is 6.92 Å². The highest BCUT2D eigenvalue weighted by atomic mass is 16.6. The van der Waals surface area contributed by atoms with Gasteiger partial charge in [0.1, 0.15) is 19.0 Å². The van der Waals surface area contributed by atoms with Crippen molar-refractivity contribution >= 4 is 17.5 Å². The van der Waals surface area contributed by atoms with E-state index >= 15 is 0 Å². The van der Waals surface area contributed by atoms with E-state index in [1.165, 1.54) is 0 Å². The van der Waals surface area contributed by atoms with Crippen molar-refractivity contribution in [3.8, 4) is 28.7 Å². The number of nitrogens with zero attached hydrogens (tertiary/aromatic N) is 1. The summed E-state index contributed by atoms with van der Waals surface area (Å²) in [6.07, 6.45) is 0. The summed E-state index contributed by atoms with van der Waals surface area (Å²) >= 11 is 0. The van der Waals surface area contributed by atoms with Crippen molar-refractivity contribution in [2.45, 2.75) is 13.5 Å². The maximum Gasteiger partial charge on any atom is 0.238 e. The molecule has 3 rings (SSSR count). The van der Waals surface area contributed by atoms with Crippen molar-refractivity contribution in [1.82, 2.24) is 10.2 Å². The second-order valence-electron chi connectivity index (χ2n) is 7.51. The number of benzene rings is 2. The first-order chi connectivity index (χ1) is 16.5. The maximum atomic E-state index is 12.6. The van der Waals surface area contributed by atoms with Crippen LogP contribution in [0, 0.1) is 0 Å². The van der Waals surface area contributed by atoms with Crippen LogP contribution >= 0.6 is 0 Å². The van der Waals surface area contributed by atoms with E-state index in [0.717, 1.165) is 5.56 Å². The molecule has 10 heteroatoms. The summed E-state index contributed by atoms with van der Waals surface area (Å²) in [7, 11) is 4.63. The van der Waals surface area contributed by atoms with Gasteiger partial charge < -0.3 is 34.3 Å². The molecule has 0 bridgehead atoms. The van der Waals surface area contributed by atoms with E-state index in [1.54, 1.807) is 56.6 Å². The van der Waals surface area contributed by atoms with Crippen molar-refractivity contribution in [2.24, 2.45) is 0 Å². The average Bonchev–Trinajstić information content (AvgIpc) is 2.86. The first kappa shape index (κ1) is 25.0. The van der Waals surface area contributed by atoms with Crippen molar-refractivity contribution in [1.29, 1.82) is 0 Å². The summed E-state index contributed by atoms with van der Waals surface area (Å²) < 4.78 is 27.0. The molecule has 0 aliphatic carbocycles. The van der Waals surface area contributed by atoms with Crippen LogP contribution in [0.25, 0.3) is 0 Å². The second-order valence-corrected chi connectivity index (χ2v) is 7.51. The molecule has 0 radical (unpaired) electrons. The molecule has 34 heavy (non-hydrogen) atoms. The molecule has 2 aromatic rings. The van der Waals surface area contributed by atoms with Crippen LogP contribution in [0.1, 0.15) is 12.5 Å². The lowest BCUT2D eigenvalue weighted by molar-refractivity contribution is -0.123. The highest BCUT2D eigenvalue weighted by molar-refractivity contribution is 5.93. The minimum absolute atomic E-state index is 0.0675. The number of hydrogen-bond donors (Lipinski definition) is 2. The van der Waals surface area contributed by atoms with Gasteiger partial charge in [-0.15, -0.1) is 0 Å². The Balaban J connectivity index is 1.53. The minimum Gasteiger partial charge on any atom is -0.496 e. The molecule has 0 saturated carbocycles. The van der Waals surface area contributed by atoms with Crippen molar-refractivity contribution in [2.75, 3.05) is 59.5 Å². The molecule has 0 fully saturated rings. The number of amides is 2. The van der Waals surface area contributed by atoms with Crippen LogP contribution < -0.4 is 34.3 Å². The summed E-state index contributed by atoms with van der Waals surface area (Å²) in [6.45, 7) is 3.77. The van der Waals surface area contributed by atoms with E-state index < -0.39 is 0 Å². The summed E-state index contributed by atoms with van der Waals surface area (Å²) in [4.78, 5) is 26.8. The van der Waals surface area contributed by atoms with Gasteiger partial charge in [-0.3, -0.25) is 14.5 Å². The van der Waals surface area contributed by atoms with E-state index in [2.05, 4.69) is 10.6 Å². The Kier molecular flexibility index (Phi) is 8.80. The SMILES string of the molecule is CCN(CC(=O)NCc1cc(OC)c(OC)cc1OC)CC(=O)Nc1ccc2c(c1)OCCO2. The average molecular weight is 474 g/mol. The van der Waals surface area contributed by atoms with Crippen LogP contribution in [-0.4, -0.2) is 70.9 Å². The number of nitrogens with one attached hydrogen (secondary N) is 2. The Hall–Kier alpha value is -3.66. The van der Waals surface area contributed by atoms with Gasteiger partial charge in [0.25, 0.3) is 0 Å². The van der Waals surface area contributed by atoms with Crippen LogP contribution in [0.4, 0.5) is 5.69 Å². The lowest BCUT2D eigenvalue weighted by Gasteiger charge is -2.21. The second kappa shape index (κ2) is 12.0. The zero-order chi connectivity index (χ0) is 24.5. The van der Waals surface area contributed by atoms with Gasteiger partial charge in [0, 0.05) is 29.9 Å². The Morgan fingerprint density at radius 2 is 1.53 bits per heavy atom. The largest absolute Gasteiger partial charge is 0.496 e. The number of carbonyl (C=O) groups is 2. The predicted octanol–water partition coefficient (Wildman–Crippen LogP) is 2.06. The zero-order valence-corrected chi connectivity index (χ0v) is 19.9. The molecular weight excluding hydrogens is 442 g/mol. The van der Waals surface area contributed by atoms with E-state index in [9.17, 15) is 9.59 Å². The number of ether oxygens (including phenoxy) is 5. The van der Waals surface area contributed by atoms with Crippen LogP contribution in [0.15, 0.2) is 30.3 Å². The summed E-state index contributed by atoms with van der Waals surface area (Å²) in [5.74, 6) is 2.46. The summed E-state index contributed by atoms with van der Waals surface area (Å²) in [5, 5.41) is 5.70. The molecule has 1 heterocycles. The van der Waals surface area contributed by atoms with E-state index in [0.29, 0.717) is 54.2 Å². The lowest BCUT2D eigenvalue weighted by atomic mass is 10.1. The third kappa shape index (κ3) is 6.44. The summed E-state index contributed by atoms with van der Waals surface area (Å²) in [6, 6.07) is 8.71. The Bertz CT molecular complexity index is 1010. The fraction of sp³-hybridized carbons (Fsp3) is 0.417. The molecule has 0 saturated heterocycles. The molecule has 184 valence electrons. The molecule has 0 aromatic heterocycles. The topological polar surface area (TPSA) is 108 Å². The number of rotatable bonds is 11. The van der Waals surface area contributed by atoms with E-state index in [4.69, 9.17) is 23.7 Å². The quantitative estimate of drug-likeness (QED) is 0.511. The van der Waals surface area contributed by atoms with Crippen LogP contribution in [0.2, 0.25) is 0 Å². The van der Waals surface area contributed by atoms with Gasteiger partial charge in [-0.05, 0) is 24.7 Å². The smallest absolute Gasteiger partial charge is 0.238 e. The van der Waals surface area contributed by atoms with Gasteiger partial charge >= 0.3 is 0 Å². The van der Waals surface area contributed by atoms with Gasteiger partial charge in [0.2, 0.25) is 11.8 Å². The fourth-order valence-corrected chi connectivity index (χ4v) is 3.49. The monoisotopic (exact) mass is 473 g/mol. The number of anilines is 1. The number of fused-ring (bicyclic) bond motifs is 1.